The average molecular weight is 253 g/mol. The van der Waals surface area contributed by atoms with Crippen LogP contribution in [-0.4, -0.2) is 54.3 Å². The van der Waals surface area contributed by atoms with Crippen LogP contribution in [0.15, 0.2) is 0 Å². The summed E-state index contributed by atoms with van der Waals surface area (Å²) in [5, 5.41) is 3.41. The van der Waals surface area contributed by atoms with Gasteiger partial charge in [-0.05, 0) is 13.8 Å². The molecule has 1 aromatic rings. The highest BCUT2D eigenvalue weighted by atomic mass is 16.5. The maximum absolute atomic E-state index is 5.07. The molecule has 1 aliphatic heterocycles. The van der Waals surface area contributed by atoms with E-state index in [1.54, 1.807) is 0 Å². The molecule has 2 rings (SSSR count). The Morgan fingerprint density at radius 3 is 2.28 bits per heavy atom. The van der Waals surface area contributed by atoms with E-state index in [0.29, 0.717) is 18.0 Å². The number of aromatic nitrogens is 3. The first-order valence-electron chi connectivity index (χ1n) is 5.98. The first-order valence-corrected chi connectivity index (χ1v) is 5.98. The van der Waals surface area contributed by atoms with E-state index in [0.717, 1.165) is 13.1 Å². The third kappa shape index (κ3) is 2.61. The number of methoxy groups -OCH3 is 2. The Balaban J connectivity index is 2.30. The zero-order valence-corrected chi connectivity index (χ0v) is 11.2. The van der Waals surface area contributed by atoms with Crippen LogP contribution >= 0.6 is 0 Å². The minimum absolute atomic E-state index is 0.273. The lowest BCUT2D eigenvalue weighted by Crippen LogP contribution is -2.55. The largest absolute Gasteiger partial charge is 0.467 e. The van der Waals surface area contributed by atoms with Crippen molar-refractivity contribution in [3.8, 4) is 12.0 Å². The molecular weight excluding hydrogens is 234 g/mol. The van der Waals surface area contributed by atoms with Gasteiger partial charge >= 0.3 is 12.0 Å². The molecule has 18 heavy (non-hydrogen) atoms. The number of nitrogens with zero attached hydrogens (tertiary/aromatic N) is 4. The van der Waals surface area contributed by atoms with E-state index in [4.69, 9.17) is 9.47 Å². The van der Waals surface area contributed by atoms with Crippen molar-refractivity contribution in [1.82, 2.24) is 20.3 Å². The SMILES string of the molecule is COc1nc(OC)nc(N2CC(C)NCC2C)n1. The molecule has 2 atom stereocenters. The third-order valence-electron chi connectivity index (χ3n) is 2.97. The van der Waals surface area contributed by atoms with Crippen molar-refractivity contribution in [1.29, 1.82) is 0 Å². The lowest BCUT2D eigenvalue weighted by molar-refractivity contribution is 0.336. The zero-order chi connectivity index (χ0) is 13.1. The molecule has 0 bridgehead atoms. The molecule has 1 aliphatic rings. The number of anilines is 1. The van der Waals surface area contributed by atoms with Gasteiger partial charge in [-0.25, -0.2) is 0 Å². The van der Waals surface area contributed by atoms with Crippen molar-refractivity contribution in [3.05, 3.63) is 0 Å². The lowest BCUT2D eigenvalue weighted by atomic mass is 10.1. The third-order valence-corrected chi connectivity index (χ3v) is 2.97. The predicted molar refractivity (Wildman–Crippen MR) is 67.2 cm³/mol. The molecule has 0 aliphatic carbocycles. The van der Waals surface area contributed by atoms with Crippen LogP contribution in [-0.2, 0) is 0 Å². The van der Waals surface area contributed by atoms with Crippen molar-refractivity contribution in [2.75, 3.05) is 32.2 Å². The van der Waals surface area contributed by atoms with Crippen LogP contribution in [0.4, 0.5) is 5.95 Å². The van der Waals surface area contributed by atoms with Gasteiger partial charge in [0.15, 0.2) is 0 Å². The summed E-state index contributed by atoms with van der Waals surface area (Å²) < 4.78 is 10.1. The molecule has 1 saturated heterocycles. The number of piperazine rings is 1. The van der Waals surface area contributed by atoms with Gasteiger partial charge in [0.25, 0.3) is 0 Å². The topological polar surface area (TPSA) is 72.4 Å². The highest BCUT2D eigenvalue weighted by Gasteiger charge is 2.25. The maximum atomic E-state index is 5.07. The summed E-state index contributed by atoms with van der Waals surface area (Å²) in [5.41, 5.74) is 0. The quantitative estimate of drug-likeness (QED) is 0.817. The number of ether oxygens (including phenoxy) is 2. The molecule has 2 unspecified atom stereocenters. The van der Waals surface area contributed by atoms with Crippen molar-refractivity contribution in [2.45, 2.75) is 25.9 Å². The average Bonchev–Trinajstić information content (AvgIpc) is 2.40. The Hall–Kier alpha value is -1.63. The van der Waals surface area contributed by atoms with E-state index in [9.17, 15) is 0 Å². The molecule has 0 aromatic carbocycles. The van der Waals surface area contributed by atoms with E-state index >= 15 is 0 Å². The lowest BCUT2D eigenvalue weighted by Gasteiger charge is -2.37. The Labute approximate surface area is 107 Å². The summed E-state index contributed by atoms with van der Waals surface area (Å²) in [7, 11) is 3.06. The van der Waals surface area contributed by atoms with Crippen LogP contribution in [0.1, 0.15) is 13.8 Å². The van der Waals surface area contributed by atoms with Crippen molar-refractivity contribution >= 4 is 5.95 Å². The fraction of sp³-hybridized carbons (Fsp3) is 0.727. The molecule has 7 nitrogen and oxygen atoms in total. The van der Waals surface area contributed by atoms with Crippen LogP contribution in [0.2, 0.25) is 0 Å². The highest BCUT2D eigenvalue weighted by molar-refractivity contribution is 5.35. The van der Waals surface area contributed by atoms with Gasteiger partial charge in [-0.3, -0.25) is 0 Å². The fourth-order valence-corrected chi connectivity index (χ4v) is 1.94. The molecule has 1 fully saturated rings. The number of hydrogen-bond donors (Lipinski definition) is 1. The smallest absolute Gasteiger partial charge is 0.324 e. The summed E-state index contributed by atoms with van der Waals surface area (Å²) >= 11 is 0. The standard InChI is InChI=1S/C11H19N5O2/c1-7-6-16(8(2)5-12-7)9-13-10(17-3)15-11(14-9)18-4/h7-8,12H,5-6H2,1-4H3. The van der Waals surface area contributed by atoms with E-state index in [2.05, 4.69) is 39.0 Å². The molecule has 1 N–H and O–H groups in total. The van der Waals surface area contributed by atoms with Crippen molar-refractivity contribution in [3.63, 3.8) is 0 Å². The normalized spacial score (nSPS) is 23.9. The second-order valence-electron chi connectivity index (χ2n) is 4.42. The molecule has 0 amide bonds. The predicted octanol–water partition coefficient (Wildman–Crippen LogP) is 0.0754. The summed E-state index contributed by atoms with van der Waals surface area (Å²) in [6.07, 6.45) is 0. The van der Waals surface area contributed by atoms with Gasteiger partial charge in [0.1, 0.15) is 0 Å². The minimum Gasteiger partial charge on any atom is -0.467 e. The molecule has 0 spiro atoms. The number of hydrogen-bond acceptors (Lipinski definition) is 7. The second kappa shape index (κ2) is 5.34. The summed E-state index contributed by atoms with van der Waals surface area (Å²) in [5.74, 6) is 0.597. The Kier molecular flexibility index (Phi) is 3.81. The van der Waals surface area contributed by atoms with E-state index < -0.39 is 0 Å². The molecule has 7 heteroatoms. The Bertz CT molecular complexity index is 392. The van der Waals surface area contributed by atoms with E-state index in [1.165, 1.54) is 14.2 Å². The molecule has 2 heterocycles. The van der Waals surface area contributed by atoms with E-state index in [-0.39, 0.29) is 12.0 Å². The minimum atomic E-state index is 0.273. The van der Waals surface area contributed by atoms with Crippen LogP contribution in [0.3, 0.4) is 0 Å². The van der Waals surface area contributed by atoms with E-state index in [1.807, 2.05) is 0 Å². The van der Waals surface area contributed by atoms with Gasteiger partial charge in [0.2, 0.25) is 5.95 Å². The highest BCUT2D eigenvalue weighted by Crippen LogP contribution is 2.19. The zero-order valence-electron chi connectivity index (χ0n) is 11.2. The Morgan fingerprint density at radius 2 is 1.72 bits per heavy atom. The Morgan fingerprint density at radius 1 is 1.11 bits per heavy atom. The van der Waals surface area contributed by atoms with Crippen molar-refractivity contribution < 1.29 is 9.47 Å². The van der Waals surface area contributed by atoms with Crippen LogP contribution in [0.5, 0.6) is 12.0 Å². The number of nitrogens with one attached hydrogen (secondary N) is 1. The first kappa shape index (κ1) is 12.8. The van der Waals surface area contributed by atoms with Gasteiger partial charge in [-0.1, -0.05) is 0 Å². The maximum Gasteiger partial charge on any atom is 0.324 e. The van der Waals surface area contributed by atoms with Gasteiger partial charge in [-0.15, -0.1) is 4.98 Å². The summed E-state index contributed by atoms with van der Waals surface area (Å²) in [6, 6.07) is 1.26. The van der Waals surface area contributed by atoms with Gasteiger partial charge in [0.05, 0.1) is 14.2 Å². The molecule has 0 radical (unpaired) electrons. The summed E-state index contributed by atoms with van der Waals surface area (Å²) in [6.45, 7) is 6.01. The van der Waals surface area contributed by atoms with Crippen LogP contribution in [0.25, 0.3) is 0 Å². The van der Waals surface area contributed by atoms with Crippen molar-refractivity contribution in [2.24, 2.45) is 0 Å². The molecular formula is C11H19N5O2. The van der Waals surface area contributed by atoms with Crippen LogP contribution in [0, 0.1) is 0 Å². The second-order valence-corrected chi connectivity index (χ2v) is 4.42. The summed E-state index contributed by atoms with van der Waals surface area (Å²) in [4.78, 5) is 14.7. The van der Waals surface area contributed by atoms with Gasteiger partial charge in [-0.2, -0.15) is 9.97 Å². The fourth-order valence-electron chi connectivity index (χ4n) is 1.94. The van der Waals surface area contributed by atoms with Gasteiger partial charge in [0, 0.05) is 25.2 Å². The number of rotatable bonds is 3. The molecule has 1 aromatic heterocycles. The van der Waals surface area contributed by atoms with Gasteiger partial charge < -0.3 is 19.7 Å². The molecule has 0 saturated carbocycles. The van der Waals surface area contributed by atoms with Crippen LogP contribution < -0.4 is 19.7 Å². The molecule has 100 valence electrons. The monoisotopic (exact) mass is 253 g/mol. The first-order chi connectivity index (χ1) is 8.63.